The van der Waals surface area contributed by atoms with Crippen LogP contribution in [0.1, 0.15) is 39.3 Å². The minimum absolute atomic E-state index is 0.114. The minimum atomic E-state index is -0.415. The number of benzene rings is 1. The van der Waals surface area contributed by atoms with E-state index in [2.05, 4.69) is 17.6 Å². The predicted octanol–water partition coefficient (Wildman–Crippen LogP) is 2.75. The Morgan fingerprint density at radius 3 is 1.85 bits per heavy atom. The monoisotopic (exact) mass is 366 g/mol. The van der Waals surface area contributed by atoms with Gasteiger partial charge in [-0.1, -0.05) is 30.3 Å². The van der Waals surface area contributed by atoms with Crippen molar-refractivity contribution in [1.29, 1.82) is 0 Å². The topological polar surface area (TPSA) is 52.2 Å². The van der Waals surface area contributed by atoms with Crippen molar-refractivity contribution in [2.75, 3.05) is 27.3 Å². The van der Waals surface area contributed by atoms with Crippen molar-refractivity contribution in [2.24, 2.45) is 0 Å². The Bertz CT molecular complexity index is 490. The summed E-state index contributed by atoms with van der Waals surface area (Å²) in [5, 5.41) is 1.92. The molecule has 1 N–H and O–H groups in total. The molecule has 1 aliphatic heterocycles. The molecule has 0 amide bonds. The lowest BCUT2D eigenvalue weighted by Gasteiger charge is -2.27. The third kappa shape index (κ3) is 6.61. The lowest BCUT2D eigenvalue weighted by molar-refractivity contribution is -0.114. The molecule has 1 fully saturated rings. The summed E-state index contributed by atoms with van der Waals surface area (Å²) in [7, 11) is 3.92. The SMILES string of the molecule is CC(C)OC[C@@H]1OC([C@H](NN(C)C)c2ccccc2)O[C@H]1COC(C)C. The first-order valence-corrected chi connectivity index (χ1v) is 9.39. The molecule has 1 heterocycles. The van der Waals surface area contributed by atoms with E-state index < -0.39 is 6.29 Å². The average Bonchev–Trinajstić information content (AvgIpc) is 2.99. The first-order chi connectivity index (χ1) is 12.4. The second-order valence-corrected chi connectivity index (χ2v) is 7.39. The summed E-state index contributed by atoms with van der Waals surface area (Å²) in [6.45, 7) is 9.06. The van der Waals surface area contributed by atoms with Crippen molar-refractivity contribution in [3.05, 3.63) is 35.9 Å². The Balaban J connectivity index is 2.12. The molecule has 3 atom stereocenters. The zero-order chi connectivity index (χ0) is 19.1. The molecule has 0 unspecified atom stereocenters. The van der Waals surface area contributed by atoms with Gasteiger partial charge in [-0.2, -0.15) is 0 Å². The molecule has 0 spiro atoms. The molecule has 0 radical (unpaired) electrons. The summed E-state index contributed by atoms with van der Waals surface area (Å²) in [5.41, 5.74) is 4.52. The van der Waals surface area contributed by atoms with E-state index >= 15 is 0 Å². The molecule has 6 nitrogen and oxygen atoms in total. The lowest BCUT2D eigenvalue weighted by Crippen LogP contribution is -2.41. The molecule has 0 bridgehead atoms. The van der Waals surface area contributed by atoms with Gasteiger partial charge >= 0.3 is 0 Å². The van der Waals surface area contributed by atoms with Crippen LogP contribution in [0, 0.1) is 0 Å². The molecule has 26 heavy (non-hydrogen) atoms. The molecule has 2 rings (SSSR count). The zero-order valence-corrected chi connectivity index (χ0v) is 16.8. The summed E-state index contributed by atoms with van der Waals surface area (Å²) in [5.74, 6) is 0. The normalized spacial score (nSPS) is 22.7. The van der Waals surface area contributed by atoms with Gasteiger partial charge in [-0.15, -0.1) is 0 Å². The number of hydrogen-bond donors (Lipinski definition) is 1. The zero-order valence-electron chi connectivity index (χ0n) is 16.8. The van der Waals surface area contributed by atoms with Gasteiger partial charge in [0.2, 0.25) is 0 Å². The van der Waals surface area contributed by atoms with Crippen molar-refractivity contribution in [2.45, 2.75) is 64.4 Å². The maximum absolute atomic E-state index is 6.26. The fourth-order valence-electron chi connectivity index (χ4n) is 2.81. The lowest BCUT2D eigenvalue weighted by atomic mass is 10.1. The van der Waals surface area contributed by atoms with E-state index in [-0.39, 0.29) is 30.5 Å². The first-order valence-electron chi connectivity index (χ1n) is 9.39. The molecule has 1 aromatic rings. The third-order valence-electron chi connectivity index (χ3n) is 4.05. The van der Waals surface area contributed by atoms with E-state index in [0.717, 1.165) is 5.56 Å². The van der Waals surface area contributed by atoms with Crippen LogP contribution in [-0.4, -0.2) is 63.0 Å². The van der Waals surface area contributed by atoms with Gasteiger partial charge in [0.15, 0.2) is 6.29 Å². The maximum atomic E-state index is 6.26. The van der Waals surface area contributed by atoms with Crippen molar-refractivity contribution in [1.82, 2.24) is 10.4 Å². The minimum Gasteiger partial charge on any atom is -0.376 e. The maximum Gasteiger partial charge on any atom is 0.179 e. The van der Waals surface area contributed by atoms with E-state index in [0.29, 0.717) is 13.2 Å². The highest BCUT2D eigenvalue weighted by molar-refractivity contribution is 5.19. The number of ether oxygens (including phenoxy) is 4. The van der Waals surface area contributed by atoms with Gasteiger partial charge < -0.3 is 18.9 Å². The van der Waals surface area contributed by atoms with E-state index in [4.69, 9.17) is 18.9 Å². The number of nitrogens with zero attached hydrogens (tertiary/aromatic N) is 1. The van der Waals surface area contributed by atoms with E-state index in [1.807, 2.05) is 65.0 Å². The van der Waals surface area contributed by atoms with Crippen LogP contribution in [0.15, 0.2) is 30.3 Å². The van der Waals surface area contributed by atoms with E-state index in [9.17, 15) is 0 Å². The van der Waals surface area contributed by atoms with Gasteiger partial charge in [0.05, 0.1) is 31.5 Å². The summed E-state index contributed by atoms with van der Waals surface area (Å²) in [6.07, 6.45) is -0.433. The fraction of sp³-hybridized carbons (Fsp3) is 0.700. The van der Waals surface area contributed by atoms with Gasteiger partial charge in [-0.25, -0.2) is 10.4 Å². The highest BCUT2D eigenvalue weighted by Crippen LogP contribution is 2.30. The summed E-state index contributed by atoms with van der Waals surface area (Å²) in [6, 6.07) is 10.1. The number of hydrazine groups is 1. The Hall–Kier alpha value is -1.02. The number of hydrogen-bond acceptors (Lipinski definition) is 6. The smallest absolute Gasteiger partial charge is 0.179 e. The van der Waals surface area contributed by atoms with Crippen molar-refractivity contribution in [3.63, 3.8) is 0 Å². The third-order valence-corrected chi connectivity index (χ3v) is 4.05. The first kappa shape index (κ1) is 21.3. The van der Waals surface area contributed by atoms with Crippen LogP contribution in [0.3, 0.4) is 0 Å². The van der Waals surface area contributed by atoms with Crippen LogP contribution < -0.4 is 5.43 Å². The molecule has 0 aromatic heterocycles. The predicted molar refractivity (Wildman–Crippen MR) is 102 cm³/mol. The quantitative estimate of drug-likeness (QED) is 0.643. The second-order valence-electron chi connectivity index (χ2n) is 7.39. The van der Waals surface area contributed by atoms with Gasteiger partial charge in [-0.3, -0.25) is 0 Å². The largest absolute Gasteiger partial charge is 0.376 e. The Morgan fingerprint density at radius 2 is 1.42 bits per heavy atom. The van der Waals surface area contributed by atoms with Crippen LogP contribution in [0.2, 0.25) is 0 Å². The summed E-state index contributed by atoms with van der Waals surface area (Å²) in [4.78, 5) is 0. The van der Waals surface area contributed by atoms with Crippen LogP contribution in [0.5, 0.6) is 0 Å². The second kappa shape index (κ2) is 10.3. The van der Waals surface area contributed by atoms with Crippen LogP contribution in [0.25, 0.3) is 0 Å². The molecule has 0 aliphatic carbocycles. The summed E-state index contributed by atoms with van der Waals surface area (Å²) < 4.78 is 24.1. The van der Waals surface area contributed by atoms with Crippen molar-refractivity contribution < 1.29 is 18.9 Å². The highest BCUT2D eigenvalue weighted by atomic mass is 16.7. The molecule has 1 aromatic carbocycles. The Labute approximate surface area is 157 Å². The Kier molecular flexibility index (Phi) is 8.47. The molecule has 148 valence electrons. The van der Waals surface area contributed by atoms with Gasteiger partial charge in [0.1, 0.15) is 12.2 Å². The molecular weight excluding hydrogens is 332 g/mol. The van der Waals surface area contributed by atoms with E-state index in [1.54, 1.807) is 0 Å². The van der Waals surface area contributed by atoms with E-state index in [1.165, 1.54) is 0 Å². The van der Waals surface area contributed by atoms with Crippen LogP contribution >= 0.6 is 0 Å². The van der Waals surface area contributed by atoms with Crippen molar-refractivity contribution >= 4 is 0 Å². The standard InChI is InChI=1S/C20H34N2O4/c1-14(2)23-12-17-18(13-24-15(3)4)26-20(25-17)19(21-22(5)6)16-10-8-7-9-11-16/h7-11,14-15,17-21H,12-13H2,1-6H3/t17-,18-,19+/m0/s1. The number of rotatable bonds is 10. The Morgan fingerprint density at radius 1 is 0.923 bits per heavy atom. The van der Waals surface area contributed by atoms with Gasteiger partial charge in [0.25, 0.3) is 0 Å². The fourth-order valence-corrected chi connectivity index (χ4v) is 2.81. The van der Waals surface area contributed by atoms with Crippen LogP contribution in [-0.2, 0) is 18.9 Å². The average molecular weight is 367 g/mol. The molecule has 0 saturated carbocycles. The van der Waals surface area contributed by atoms with Gasteiger partial charge in [-0.05, 0) is 33.3 Å². The molecule has 1 saturated heterocycles. The van der Waals surface area contributed by atoms with Gasteiger partial charge in [0, 0.05) is 14.1 Å². The molecule has 6 heteroatoms. The number of nitrogens with one attached hydrogen (secondary N) is 1. The molecular formula is C20H34N2O4. The van der Waals surface area contributed by atoms with Crippen LogP contribution in [0.4, 0.5) is 0 Å². The molecule has 1 aliphatic rings. The highest BCUT2D eigenvalue weighted by Gasteiger charge is 2.41. The summed E-state index contributed by atoms with van der Waals surface area (Å²) >= 11 is 0. The van der Waals surface area contributed by atoms with Crippen molar-refractivity contribution in [3.8, 4) is 0 Å².